The lowest BCUT2D eigenvalue weighted by atomic mass is 10.1. The number of carbonyl (C=O) groups excluding carboxylic acids is 1. The summed E-state index contributed by atoms with van der Waals surface area (Å²) in [5.41, 5.74) is 1.41. The van der Waals surface area contributed by atoms with Gasteiger partial charge in [0, 0.05) is 43.6 Å². The number of nitrogens with zero attached hydrogens (tertiary/aromatic N) is 5. The standard InChI is InChI=1S/C19H22FN7O/c1-11-9-27(13(3)5-21-11)17-7-22-16(6-23-17)19(28)25-14-4-15(20)18-24-12(2)8-26(18)10-14/h4,6-8,10-11,13,21H,5,9H2,1-3H3,(H,25,28). The van der Waals surface area contributed by atoms with Crippen molar-refractivity contribution in [3.63, 3.8) is 0 Å². The fraction of sp³-hybridized carbons (Fsp3) is 0.368. The number of hydrogen-bond donors (Lipinski definition) is 2. The summed E-state index contributed by atoms with van der Waals surface area (Å²) in [6.07, 6.45) is 6.35. The zero-order chi connectivity index (χ0) is 19.8. The summed E-state index contributed by atoms with van der Waals surface area (Å²) in [7, 11) is 0. The zero-order valence-electron chi connectivity index (χ0n) is 16.0. The van der Waals surface area contributed by atoms with Gasteiger partial charge < -0.3 is 19.9 Å². The number of imidazole rings is 1. The van der Waals surface area contributed by atoms with Crippen molar-refractivity contribution < 1.29 is 9.18 Å². The van der Waals surface area contributed by atoms with Gasteiger partial charge in [0.25, 0.3) is 5.91 Å². The molecule has 0 radical (unpaired) electrons. The third-order valence-electron chi connectivity index (χ3n) is 4.81. The number of halogens is 1. The second kappa shape index (κ2) is 7.16. The third kappa shape index (κ3) is 3.53. The first-order chi connectivity index (χ1) is 13.4. The van der Waals surface area contributed by atoms with Crippen molar-refractivity contribution in [3.05, 3.63) is 48.1 Å². The number of fused-ring (bicyclic) bond motifs is 1. The van der Waals surface area contributed by atoms with E-state index in [1.165, 1.54) is 12.3 Å². The summed E-state index contributed by atoms with van der Waals surface area (Å²) < 4.78 is 15.7. The quantitative estimate of drug-likeness (QED) is 0.720. The molecule has 1 amide bonds. The van der Waals surface area contributed by atoms with E-state index in [2.05, 4.69) is 44.3 Å². The molecule has 2 N–H and O–H groups in total. The van der Waals surface area contributed by atoms with Crippen LogP contribution in [-0.2, 0) is 0 Å². The predicted molar refractivity (Wildman–Crippen MR) is 104 cm³/mol. The smallest absolute Gasteiger partial charge is 0.275 e. The van der Waals surface area contributed by atoms with E-state index in [1.54, 1.807) is 29.9 Å². The van der Waals surface area contributed by atoms with Crippen LogP contribution in [-0.4, -0.2) is 50.4 Å². The van der Waals surface area contributed by atoms with E-state index < -0.39 is 11.7 Å². The summed E-state index contributed by atoms with van der Waals surface area (Å²) in [4.78, 5) is 27.4. The topological polar surface area (TPSA) is 87.5 Å². The maximum Gasteiger partial charge on any atom is 0.275 e. The average Bonchev–Trinajstić information content (AvgIpc) is 3.05. The predicted octanol–water partition coefficient (Wildman–Crippen LogP) is 2.01. The van der Waals surface area contributed by atoms with Crippen molar-refractivity contribution >= 4 is 23.1 Å². The number of anilines is 2. The van der Waals surface area contributed by atoms with Gasteiger partial charge in [-0.25, -0.2) is 19.3 Å². The minimum atomic E-state index is -0.505. The number of nitrogens with one attached hydrogen (secondary N) is 2. The lowest BCUT2D eigenvalue weighted by Gasteiger charge is -2.38. The summed E-state index contributed by atoms with van der Waals surface area (Å²) in [5.74, 6) is -0.218. The molecule has 1 aliphatic heterocycles. The number of carbonyl (C=O) groups is 1. The summed E-state index contributed by atoms with van der Waals surface area (Å²) in [5, 5.41) is 6.08. The van der Waals surface area contributed by atoms with Crippen LogP contribution in [0.1, 0.15) is 30.0 Å². The van der Waals surface area contributed by atoms with Gasteiger partial charge in [0.05, 0.1) is 23.8 Å². The molecular weight excluding hydrogens is 361 g/mol. The zero-order valence-corrected chi connectivity index (χ0v) is 16.0. The average molecular weight is 383 g/mol. The van der Waals surface area contributed by atoms with Crippen LogP contribution in [0.3, 0.4) is 0 Å². The molecule has 1 fully saturated rings. The SMILES string of the molecule is Cc1cn2cc(NC(=O)c3cnc(N4CC(C)NCC4C)cn3)cc(F)c2n1. The monoisotopic (exact) mass is 383 g/mol. The van der Waals surface area contributed by atoms with Gasteiger partial charge in [-0.15, -0.1) is 0 Å². The maximum absolute atomic E-state index is 14.2. The van der Waals surface area contributed by atoms with Crippen molar-refractivity contribution in [1.29, 1.82) is 0 Å². The van der Waals surface area contributed by atoms with Crippen LogP contribution < -0.4 is 15.5 Å². The highest BCUT2D eigenvalue weighted by Gasteiger charge is 2.24. The van der Waals surface area contributed by atoms with E-state index in [1.807, 2.05) is 0 Å². The van der Waals surface area contributed by atoms with Gasteiger partial charge in [-0.1, -0.05) is 0 Å². The van der Waals surface area contributed by atoms with Crippen LogP contribution in [0.4, 0.5) is 15.9 Å². The Kier molecular flexibility index (Phi) is 4.68. The molecule has 9 heteroatoms. The van der Waals surface area contributed by atoms with Gasteiger partial charge >= 0.3 is 0 Å². The van der Waals surface area contributed by atoms with Crippen molar-refractivity contribution in [2.75, 3.05) is 23.3 Å². The van der Waals surface area contributed by atoms with Crippen LogP contribution in [0, 0.1) is 12.7 Å². The van der Waals surface area contributed by atoms with Crippen LogP contribution in [0.5, 0.6) is 0 Å². The Balaban J connectivity index is 1.51. The van der Waals surface area contributed by atoms with E-state index in [9.17, 15) is 9.18 Å². The minimum Gasteiger partial charge on any atom is -0.350 e. The number of aryl methyl sites for hydroxylation is 1. The van der Waals surface area contributed by atoms with Gasteiger partial charge in [-0.3, -0.25) is 4.79 Å². The van der Waals surface area contributed by atoms with Gasteiger partial charge in [0.1, 0.15) is 11.5 Å². The molecule has 0 aromatic carbocycles. The highest BCUT2D eigenvalue weighted by molar-refractivity contribution is 6.02. The Hall–Kier alpha value is -3.07. The summed E-state index contributed by atoms with van der Waals surface area (Å²) in [6, 6.07) is 1.89. The molecule has 0 spiro atoms. The molecule has 1 aliphatic rings. The normalized spacial score (nSPS) is 19.8. The molecule has 3 aromatic rings. The van der Waals surface area contributed by atoms with E-state index >= 15 is 0 Å². The number of aromatic nitrogens is 4. The molecule has 4 heterocycles. The number of piperazine rings is 1. The van der Waals surface area contributed by atoms with Gasteiger partial charge in [0.15, 0.2) is 11.5 Å². The molecule has 1 saturated heterocycles. The second-order valence-electron chi connectivity index (χ2n) is 7.21. The highest BCUT2D eigenvalue weighted by atomic mass is 19.1. The first-order valence-corrected chi connectivity index (χ1v) is 9.19. The molecule has 0 saturated carbocycles. The van der Waals surface area contributed by atoms with Gasteiger partial charge in [0.2, 0.25) is 0 Å². The van der Waals surface area contributed by atoms with Gasteiger partial charge in [-0.2, -0.15) is 0 Å². The lowest BCUT2D eigenvalue weighted by molar-refractivity contribution is 0.102. The van der Waals surface area contributed by atoms with Crippen molar-refractivity contribution in [2.45, 2.75) is 32.9 Å². The number of rotatable bonds is 3. The molecule has 0 bridgehead atoms. The Morgan fingerprint density at radius 2 is 2.11 bits per heavy atom. The van der Waals surface area contributed by atoms with Crippen LogP contribution in [0.2, 0.25) is 0 Å². The molecule has 3 aromatic heterocycles. The summed E-state index contributed by atoms with van der Waals surface area (Å²) >= 11 is 0. The van der Waals surface area contributed by atoms with Crippen molar-refractivity contribution in [3.8, 4) is 0 Å². The van der Waals surface area contributed by atoms with Crippen molar-refractivity contribution in [1.82, 2.24) is 24.7 Å². The molecule has 28 heavy (non-hydrogen) atoms. The first kappa shape index (κ1) is 18.3. The number of pyridine rings is 1. The van der Waals surface area contributed by atoms with Crippen LogP contribution in [0.15, 0.2) is 30.9 Å². The maximum atomic E-state index is 14.2. The Bertz CT molecular complexity index is 1020. The first-order valence-electron chi connectivity index (χ1n) is 9.19. The Labute approximate surface area is 161 Å². The fourth-order valence-corrected chi connectivity index (χ4v) is 3.37. The van der Waals surface area contributed by atoms with Crippen LogP contribution >= 0.6 is 0 Å². The largest absolute Gasteiger partial charge is 0.350 e. The second-order valence-corrected chi connectivity index (χ2v) is 7.21. The number of hydrogen-bond acceptors (Lipinski definition) is 6. The highest BCUT2D eigenvalue weighted by Crippen LogP contribution is 2.18. The molecule has 2 atom stereocenters. The molecule has 0 aliphatic carbocycles. The van der Waals surface area contributed by atoms with Crippen LogP contribution in [0.25, 0.3) is 5.65 Å². The molecule has 4 rings (SSSR count). The molecule has 146 valence electrons. The third-order valence-corrected chi connectivity index (χ3v) is 4.81. The fourth-order valence-electron chi connectivity index (χ4n) is 3.37. The van der Waals surface area contributed by atoms with E-state index in [-0.39, 0.29) is 11.3 Å². The van der Waals surface area contributed by atoms with E-state index in [0.717, 1.165) is 18.9 Å². The van der Waals surface area contributed by atoms with Gasteiger partial charge in [-0.05, 0) is 20.8 Å². The van der Waals surface area contributed by atoms with E-state index in [0.29, 0.717) is 23.5 Å². The van der Waals surface area contributed by atoms with Crippen molar-refractivity contribution in [2.24, 2.45) is 0 Å². The molecule has 2 unspecified atom stereocenters. The van der Waals surface area contributed by atoms with E-state index in [4.69, 9.17) is 0 Å². The Morgan fingerprint density at radius 1 is 1.29 bits per heavy atom. The Morgan fingerprint density at radius 3 is 2.86 bits per heavy atom. The summed E-state index contributed by atoms with van der Waals surface area (Å²) in [6.45, 7) is 7.70. The minimum absolute atomic E-state index is 0.168. The number of amides is 1. The lowest BCUT2D eigenvalue weighted by Crippen LogP contribution is -2.54. The molecular formula is C19H22FN7O. The molecule has 8 nitrogen and oxygen atoms in total.